The van der Waals surface area contributed by atoms with Crippen LogP contribution in [0.1, 0.15) is 12.5 Å². The highest BCUT2D eigenvalue weighted by atomic mass is 35.5. The molecule has 0 aliphatic carbocycles. The molecule has 8 heteroatoms. The predicted molar refractivity (Wildman–Crippen MR) is 86.5 cm³/mol. The van der Waals surface area contributed by atoms with Gasteiger partial charge in [0.15, 0.2) is 11.5 Å². The topological polar surface area (TPSA) is 77.0 Å². The van der Waals surface area contributed by atoms with Gasteiger partial charge in [0, 0.05) is 10.6 Å². The summed E-state index contributed by atoms with van der Waals surface area (Å²) in [7, 11) is -3.74. The lowest BCUT2D eigenvalue weighted by Gasteiger charge is -2.06. The molecule has 1 N–H and O–H groups in total. The first kappa shape index (κ1) is 15.6. The van der Waals surface area contributed by atoms with Crippen LogP contribution in [0.4, 0.5) is 0 Å². The maximum Gasteiger partial charge on any atom is 0.276 e. The number of sulfonamides is 1. The molecule has 0 aromatic heterocycles. The lowest BCUT2D eigenvalue weighted by Crippen LogP contribution is -2.19. The Hall–Kier alpha value is -2.25. The first-order valence-electron chi connectivity index (χ1n) is 6.67. The number of benzene rings is 2. The quantitative estimate of drug-likeness (QED) is 0.678. The average molecular weight is 353 g/mol. The standard InChI is InChI=1S/C15H13ClN2O4S/c1-10(11-2-7-14-15(8-11)22-9-21-14)17-18-23(19,20)13-5-3-12(16)4-6-13/h2-8,18H,9H2,1H3/b17-10+. The summed E-state index contributed by atoms with van der Waals surface area (Å²) in [6, 6.07) is 11.1. The Morgan fingerprint density at radius 2 is 1.83 bits per heavy atom. The zero-order chi connectivity index (χ0) is 16.4. The lowest BCUT2D eigenvalue weighted by molar-refractivity contribution is 0.174. The summed E-state index contributed by atoms with van der Waals surface area (Å²) < 4.78 is 34.8. The molecule has 0 fully saturated rings. The fourth-order valence-electron chi connectivity index (χ4n) is 1.98. The van der Waals surface area contributed by atoms with Gasteiger partial charge in [-0.2, -0.15) is 18.4 Å². The molecule has 6 nitrogen and oxygen atoms in total. The number of halogens is 1. The van der Waals surface area contributed by atoms with Crippen molar-refractivity contribution in [1.29, 1.82) is 0 Å². The van der Waals surface area contributed by atoms with Crippen molar-refractivity contribution in [2.24, 2.45) is 5.10 Å². The van der Waals surface area contributed by atoms with Gasteiger partial charge in [0.2, 0.25) is 6.79 Å². The highest BCUT2D eigenvalue weighted by Gasteiger charge is 2.15. The summed E-state index contributed by atoms with van der Waals surface area (Å²) in [6.07, 6.45) is 0. The molecule has 0 unspecified atom stereocenters. The van der Waals surface area contributed by atoms with Crippen LogP contribution in [0.15, 0.2) is 52.5 Å². The molecule has 1 aliphatic heterocycles. The third-order valence-electron chi connectivity index (χ3n) is 3.25. The third-order valence-corrected chi connectivity index (χ3v) is 4.72. The van der Waals surface area contributed by atoms with Crippen molar-refractivity contribution < 1.29 is 17.9 Å². The largest absolute Gasteiger partial charge is 0.454 e. The molecular weight excluding hydrogens is 340 g/mol. The molecule has 0 amide bonds. The fourth-order valence-corrected chi connectivity index (χ4v) is 2.96. The number of nitrogens with one attached hydrogen (secondary N) is 1. The van der Waals surface area contributed by atoms with Gasteiger partial charge < -0.3 is 9.47 Å². The van der Waals surface area contributed by atoms with Crippen molar-refractivity contribution in [1.82, 2.24) is 4.83 Å². The van der Waals surface area contributed by atoms with Crippen molar-refractivity contribution in [3.05, 3.63) is 53.1 Å². The van der Waals surface area contributed by atoms with E-state index in [2.05, 4.69) is 9.93 Å². The Kier molecular flexibility index (Phi) is 4.14. The number of fused-ring (bicyclic) bond motifs is 1. The van der Waals surface area contributed by atoms with Crippen molar-refractivity contribution in [3.8, 4) is 11.5 Å². The summed E-state index contributed by atoms with van der Waals surface area (Å²) in [6.45, 7) is 1.88. The molecule has 0 atom stereocenters. The maximum absolute atomic E-state index is 12.2. The van der Waals surface area contributed by atoms with Gasteiger partial charge in [0.1, 0.15) is 0 Å². The summed E-state index contributed by atoms with van der Waals surface area (Å²) >= 11 is 5.75. The van der Waals surface area contributed by atoms with Gasteiger partial charge in [-0.3, -0.25) is 0 Å². The van der Waals surface area contributed by atoms with E-state index < -0.39 is 10.0 Å². The van der Waals surface area contributed by atoms with Gasteiger partial charge in [-0.25, -0.2) is 0 Å². The van der Waals surface area contributed by atoms with E-state index in [4.69, 9.17) is 21.1 Å². The predicted octanol–water partition coefficient (Wildman–Crippen LogP) is 2.77. The lowest BCUT2D eigenvalue weighted by atomic mass is 10.1. The van der Waals surface area contributed by atoms with Gasteiger partial charge in [-0.1, -0.05) is 11.6 Å². The summed E-state index contributed by atoms with van der Waals surface area (Å²) in [4.78, 5) is 2.29. The Labute approximate surface area is 138 Å². The Morgan fingerprint density at radius 1 is 1.13 bits per heavy atom. The van der Waals surface area contributed by atoms with E-state index in [0.717, 1.165) is 5.56 Å². The molecule has 3 rings (SSSR count). The number of hydrazone groups is 1. The normalized spacial score (nSPS) is 13.9. The highest BCUT2D eigenvalue weighted by molar-refractivity contribution is 7.89. The Balaban J connectivity index is 1.80. The van der Waals surface area contributed by atoms with Crippen LogP contribution in [-0.4, -0.2) is 20.9 Å². The van der Waals surface area contributed by atoms with Gasteiger partial charge in [-0.05, 0) is 49.4 Å². The zero-order valence-corrected chi connectivity index (χ0v) is 13.7. The molecule has 0 bridgehead atoms. The molecule has 0 radical (unpaired) electrons. The van der Waals surface area contributed by atoms with Crippen LogP contribution in [0.25, 0.3) is 0 Å². The highest BCUT2D eigenvalue weighted by Crippen LogP contribution is 2.32. The molecule has 0 spiro atoms. The molecule has 1 aliphatic rings. The summed E-state index contributed by atoms with van der Waals surface area (Å²) in [5.41, 5.74) is 1.23. The second-order valence-electron chi connectivity index (χ2n) is 4.81. The van der Waals surface area contributed by atoms with Crippen molar-refractivity contribution in [2.75, 3.05) is 6.79 Å². The minimum atomic E-state index is -3.74. The molecule has 120 valence electrons. The molecule has 1 heterocycles. The number of hydrogen-bond donors (Lipinski definition) is 1. The summed E-state index contributed by atoms with van der Waals surface area (Å²) in [5, 5.41) is 4.40. The summed E-state index contributed by atoms with van der Waals surface area (Å²) in [5.74, 6) is 1.26. The van der Waals surface area contributed by atoms with E-state index in [1.165, 1.54) is 24.3 Å². The molecular formula is C15H13ClN2O4S. The Bertz CT molecular complexity index is 864. The van der Waals surface area contributed by atoms with E-state index in [1.54, 1.807) is 25.1 Å². The number of hydrogen-bond acceptors (Lipinski definition) is 5. The smallest absolute Gasteiger partial charge is 0.276 e. The molecule has 23 heavy (non-hydrogen) atoms. The van der Waals surface area contributed by atoms with Crippen molar-refractivity contribution in [2.45, 2.75) is 11.8 Å². The van der Waals surface area contributed by atoms with E-state index in [1.807, 2.05) is 0 Å². The van der Waals surface area contributed by atoms with Crippen molar-refractivity contribution >= 4 is 27.3 Å². The zero-order valence-electron chi connectivity index (χ0n) is 12.1. The second-order valence-corrected chi connectivity index (χ2v) is 6.91. The van der Waals surface area contributed by atoms with E-state index in [-0.39, 0.29) is 11.7 Å². The first-order chi connectivity index (χ1) is 11.0. The molecule has 0 saturated heterocycles. The monoisotopic (exact) mass is 352 g/mol. The fraction of sp³-hybridized carbons (Fsp3) is 0.133. The third kappa shape index (κ3) is 3.40. The van der Waals surface area contributed by atoms with Gasteiger partial charge in [0.05, 0.1) is 10.6 Å². The van der Waals surface area contributed by atoms with Crippen LogP contribution in [0.3, 0.4) is 0 Å². The van der Waals surface area contributed by atoms with E-state index in [0.29, 0.717) is 22.2 Å². The average Bonchev–Trinajstić information content (AvgIpc) is 3.00. The number of rotatable bonds is 4. The minimum Gasteiger partial charge on any atom is -0.454 e. The van der Waals surface area contributed by atoms with Crippen LogP contribution < -0.4 is 14.3 Å². The van der Waals surface area contributed by atoms with Gasteiger partial charge in [-0.15, -0.1) is 0 Å². The van der Waals surface area contributed by atoms with Crippen LogP contribution >= 0.6 is 11.6 Å². The molecule has 2 aromatic carbocycles. The number of ether oxygens (including phenoxy) is 2. The van der Waals surface area contributed by atoms with Gasteiger partial charge >= 0.3 is 0 Å². The SMILES string of the molecule is C/C(=N\NS(=O)(=O)c1ccc(Cl)cc1)c1ccc2c(c1)OCO2. The van der Waals surface area contributed by atoms with Gasteiger partial charge in [0.25, 0.3) is 10.0 Å². The maximum atomic E-state index is 12.2. The van der Waals surface area contributed by atoms with Crippen molar-refractivity contribution in [3.63, 3.8) is 0 Å². The van der Waals surface area contributed by atoms with E-state index >= 15 is 0 Å². The van der Waals surface area contributed by atoms with Crippen LogP contribution in [0, 0.1) is 0 Å². The van der Waals surface area contributed by atoms with Crippen LogP contribution in [-0.2, 0) is 10.0 Å². The Morgan fingerprint density at radius 3 is 2.57 bits per heavy atom. The molecule has 2 aromatic rings. The molecule has 0 saturated carbocycles. The first-order valence-corrected chi connectivity index (χ1v) is 8.53. The second kappa shape index (κ2) is 6.10. The minimum absolute atomic E-state index is 0.0872. The number of nitrogens with zero attached hydrogens (tertiary/aromatic N) is 1. The van der Waals surface area contributed by atoms with E-state index in [9.17, 15) is 8.42 Å². The van der Waals surface area contributed by atoms with Crippen LogP contribution in [0.2, 0.25) is 5.02 Å². The van der Waals surface area contributed by atoms with Crippen LogP contribution in [0.5, 0.6) is 11.5 Å².